The van der Waals surface area contributed by atoms with Gasteiger partial charge in [-0.1, -0.05) is 67.2 Å². The predicted octanol–water partition coefficient (Wildman–Crippen LogP) is 4.07. The van der Waals surface area contributed by atoms with Crippen molar-refractivity contribution in [3.05, 3.63) is 90.7 Å². The van der Waals surface area contributed by atoms with Crippen molar-refractivity contribution in [3.8, 4) is 0 Å². The number of hydrogen-bond acceptors (Lipinski definition) is 4. The standard InChI is InChI=1S/C21H20O4/c1-15(16-8-4-2-5-9-16)24-18-12-13-22-19-14-23-21(25-20(18)19)17-10-6-3-7-11-17/h2-13,18-21H,1,14H2/t18-,19+,20-,21+/m0/s1. The van der Waals surface area contributed by atoms with Crippen molar-refractivity contribution in [2.24, 2.45) is 0 Å². The summed E-state index contributed by atoms with van der Waals surface area (Å²) < 4.78 is 23.7. The molecule has 4 rings (SSSR count). The van der Waals surface area contributed by atoms with Crippen LogP contribution < -0.4 is 0 Å². The van der Waals surface area contributed by atoms with Gasteiger partial charge in [0.05, 0.1) is 12.9 Å². The van der Waals surface area contributed by atoms with Crippen LogP contribution in [0, 0.1) is 0 Å². The summed E-state index contributed by atoms with van der Waals surface area (Å²) in [5.41, 5.74) is 1.93. The summed E-state index contributed by atoms with van der Waals surface area (Å²) in [6.07, 6.45) is 2.36. The van der Waals surface area contributed by atoms with E-state index >= 15 is 0 Å². The Balaban J connectivity index is 1.49. The fourth-order valence-corrected chi connectivity index (χ4v) is 3.03. The summed E-state index contributed by atoms with van der Waals surface area (Å²) in [5, 5.41) is 0. The molecule has 2 aromatic carbocycles. The Labute approximate surface area is 147 Å². The number of hydrogen-bond donors (Lipinski definition) is 0. The van der Waals surface area contributed by atoms with Gasteiger partial charge in [0.15, 0.2) is 12.4 Å². The van der Waals surface area contributed by atoms with Crippen LogP contribution in [0.15, 0.2) is 79.6 Å². The molecule has 2 aliphatic rings. The van der Waals surface area contributed by atoms with Crippen LogP contribution in [-0.2, 0) is 18.9 Å². The second kappa shape index (κ2) is 7.13. The monoisotopic (exact) mass is 336 g/mol. The average Bonchev–Trinajstić information content (AvgIpc) is 2.69. The van der Waals surface area contributed by atoms with E-state index in [0.717, 1.165) is 11.1 Å². The molecule has 1 saturated heterocycles. The molecule has 4 heteroatoms. The van der Waals surface area contributed by atoms with Gasteiger partial charge in [-0.2, -0.15) is 0 Å². The van der Waals surface area contributed by atoms with Gasteiger partial charge in [-0.25, -0.2) is 0 Å². The molecule has 1 fully saturated rings. The van der Waals surface area contributed by atoms with Gasteiger partial charge < -0.3 is 18.9 Å². The molecule has 4 atom stereocenters. The molecule has 2 aromatic rings. The topological polar surface area (TPSA) is 36.9 Å². The van der Waals surface area contributed by atoms with Gasteiger partial charge in [0, 0.05) is 11.1 Å². The zero-order valence-corrected chi connectivity index (χ0v) is 13.8. The van der Waals surface area contributed by atoms with Gasteiger partial charge in [0.1, 0.15) is 18.0 Å². The zero-order chi connectivity index (χ0) is 17.1. The SMILES string of the molecule is C=C(O[C@H]1C=CO[C@@H]2CO[C@@H](c3ccccc3)O[C@@H]12)c1ccccc1. The van der Waals surface area contributed by atoms with Gasteiger partial charge in [-0.05, 0) is 6.08 Å². The Morgan fingerprint density at radius 3 is 2.48 bits per heavy atom. The Morgan fingerprint density at radius 2 is 1.72 bits per heavy atom. The summed E-state index contributed by atoms with van der Waals surface area (Å²) in [6, 6.07) is 19.7. The third-order valence-electron chi connectivity index (χ3n) is 4.35. The minimum atomic E-state index is -0.423. The molecule has 0 amide bonds. The number of fused-ring (bicyclic) bond motifs is 1. The molecule has 0 spiro atoms. The lowest BCUT2D eigenvalue weighted by Crippen LogP contribution is -2.50. The summed E-state index contributed by atoms with van der Waals surface area (Å²) >= 11 is 0. The molecule has 0 saturated carbocycles. The molecule has 2 aliphatic heterocycles. The fourth-order valence-electron chi connectivity index (χ4n) is 3.03. The maximum atomic E-state index is 6.16. The van der Waals surface area contributed by atoms with Crippen LogP contribution in [0.4, 0.5) is 0 Å². The van der Waals surface area contributed by atoms with Gasteiger partial charge >= 0.3 is 0 Å². The van der Waals surface area contributed by atoms with Gasteiger partial charge in [-0.15, -0.1) is 0 Å². The lowest BCUT2D eigenvalue weighted by atomic mass is 10.0. The fraction of sp³-hybridized carbons (Fsp3) is 0.238. The molecule has 128 valence electrons. The van der Waals surface area contributed by atoms with Gasteiger partial charge in [0.25, 0.3) is 0 Å². The van der Waals surface area contributed by atoms with Crippen molar-refractivity contribution >= 4 is 5.76 Å². The number of rotatable bonds is 4. The molecule has 0 aliphatic carbocycles. The minimum absolute atomic E-state index is 0.196. The van der Waals surface area contributed by atoms with E-state index in [1.54, 1.807) is 6.26 Å². The summed E-state index contributed by atoms with van der Waals surface area (Å²) in [4.78, 5) is 0. The van der Waals surface area contributed by atoms with Gasteiger partial charge in [-0.3, -0.25) is 0 Å². The Hall–Kier alpha value is -2.56. The van der Waals surface area contributed by atoms with Crippen LogP contribution >= 0.6 is 0 Å². The highest BCUT2D eigenvalue weighted by atomic mass is 16.7. The van der Waals surface area contributed by atoms with Crippen LogP contribution in [-0.4, -0.2) is 24.9 Å². The van der Waals surface area contributed by atoms with Gasteiger partial charge in [0.2, 0.25) is 0 Å². The molecule has 0 unspecified atom stereocenters. The number of ether oxygens (including phenoxy) is 4. The van der Waals surface area contributed by atoms with E-state index in [1.807, 2.05) is 66.7 Å². The van der Waals surface area contributed by atoms with Crippen LogP contribution in [0.3, 0.4) is 0 Å². The smallest absolute Gasteiger partial charge is 0.184 e. The van der Waals surface area contributed by atoms with E-state index in [1.165, 1.54) is 0 Å². The molecule has 2 heterocycles. The predicted molar refractivity (Wildman–Crippen MR) is 94.4 cm³/mol. The summed E-state index contributed by atoms with van der Waals surface area (Å²) in [5.74, 6) is 0.613. The molecule has 0 aromatic heterocycles. The quantitative estimate of drug-likeness (QED) is 0.789. The number of benzene rings is 2. The summed E-state index contributed by atoms with van der Waals surface area (Å²) in [7, 11) is 0. The lowest BCUT2D eigenvalue weighted by molar-refractivity contribution is -0.275. The first kappa shape index (κ1) is 15.9. The first-order valence-electron chi connectivity index (χ1n) is 8.36. The van der Waals surface area contributed by atoms with E-state index in [0.29, 0.717) is 12.4 Å². The van der Waals surface area contributed by atoms with Crippen molar-refractivity contribution in [1.29, 1.82) is 0 Å². The van der Waals surface area contributed by atoms with Crippen molar-refractivity contribution in [2.75, 3.05) is 6.61 Å². The van der Waals surface area contributed by atoms with E-state index in [-0.39, 0.29) is 18.3 Å². The zero-order valence-electron chi connectivity index (χ0n) is 13.8. The van der Waals surface area contributed by atoms with Crippen LogP contribution in [0.25, 0.3) is 5.76 Å². The largest absolute Gasteiger partial charge is 0.493 e. The van der Waals surface area contributed by atoms with E-state index in [4.69, 9.17) is 18.9 Å². The third-order valence-corrected chi connectivity index (χ3v) is 4.35. The average molecular weight is 336 g/mol. The Kier molecular flexibility index (Phi) is 4.55. The second-order valence-corrected chi connectivity index (χ2v) is 6.05. The Bertz CT molecular complexity index is 741. The molecular formula is C21H20O4. The van der Waals surface area contributed by atoms with Crippen molar-refractivity contribution < 1.29 is 18.9 Å². The van der Waals surface area contributed by atoms with Crippen LogP contribution in [0.2, 0.25) is 0 Å². The summed E-state index contributed by atoms with van der Waals surface area (Å²) in [6.45, 7) is 4.50. The second-order valence-electron chi connectivity index (χ2n) is 6.05. The highest BCUT2D eigenvalue weighted by Crippen LogP contribution is 2.33. The first-order chi connectivity index (χ1) is 12.3. The molecule has 0 bridgehead atoms. The highest BCUT2D eigenvalue weighted by Gasteiger charge is 2.41. The molecule has 25 heavy (non-hydrogen) atoms. The molecule has 4 nitrogen and oxygen atoms in total. The van der Waals surface area contributed by atoms with E-state index < -0.39 is 6.29 Å². The molecule has 0 N–H and O–H groups in total. The third kappa shape index (κ3) is 3.45. The lowest BCUT2D eigenvalue weighted by Gasteiger charge is -2.41. The van der Waals surface area contributed by atoms with Crippen molar-refractivity contribution in [2.45, 2.75) is 24.6 Å². The Morgan fingerprint density at radius 1 is 1.00 bits per heavy atom. The highest BCUT2D eigenvalue weighted by molar-refractivity contribution is 5.57. The maximum Gasteiger partial charge on any atom is 0.184 e. The van der Waals surface area contributed by atoms with Crippen molar-refractivity contribution in [3.63, 3.8) is 0 Å². The maximum absolute atomic E-state index is 6.16. The molecule has 0 radical (unpaired) electrons. The first-order valence-corrected chi connectivity index (χ1v) is 8.36. The van der Waals surface area contributed by atoms with Crippen molar-refractivity contribution in [1.82, 2.24) is 0 Å². The minimum Gasteiger partial charge on any atom is -0.493 e. The van der Waals surface area contributed by atoms with E-state index in [2.05, 4.69) is 6.58 Å². The van der Waals surface area contributed by atoms with Crippen LogP contribution in [0.1, 0.15) is 17.4 Å². The van der Waals surface area contributed by atoms with E-state index in [9.17, 15) is 0 Å². The van der Waals surface area contributed by atoms with Crippen LogP contribution in [0.5, 0.6) is 0 Å². The molecular weight excluding hydrogens is 316 g/mol. The normalized spacial score (nSPS) is 27.8.